The molecule has 1 aromatic carbocycles. The predicted octanol–water partition coefficient (Wildman–Crippen LogP) is 1.43. The highest BCUT2D eigenvalue weighted by atomic mass is 16.5. The van der Waals surface area contributed by atoms with Crippen LogP contribution in [0.4, 0.5) is 0 Å². The molecule has 19 heavy (non-hydrogen) atoms. The third kappa shape index (κ3) is 5.89. The van der Waals surface area contributed by atoms with Crippen LogP contribution in [0.3, 0.4) is 0 Å². The fraction of sp³-hybridized carbons (Fsp3) is 0.429. The van der Waals surface area contributed by atoms with Crippen molar-refractivity contribution in [3.8, 4) is 11.8 Å². The van der Waals surface area contributed by atoms with Crippen molar-refractivity contribution in [1.82, 2.24) is 4.90 Å². The van der Waals surface area contributed by atoms with Crippen LogP contribution in [0.1, 0.15) is 12.5 Å². The summed E-state index contributed by atoms with van der Waals surface area (Å²) < 4.78 is 10.4. The van der Waals surface area contributed by atoms with Crippen molar-refractivity contribution in [3.05, 3.63) is 29.8 Å². The zero-order valence-electron chi connectivity index (χ0n) is 11.3. The van der Waals surface area contributed by atoms with E-state index in [1.54, 1.807) is 31.2 Å². The Morgan fingerprint density at radius 1 is 1.37 bits per heavy atom. The minimum absolute atomic E-state index is 0.233. The molecule has 5 heteroatoms. The fourth-order valence-electron chi connectivity index (χ4n) is 1.45. The highest BCUT2D eigenvalue weighted by Gasteiger charge is 2.06. The number of hydrogen-bond acceptors (Lipinski definition) is 5. The molecule has 0 aliphatic carbocycles. The van der Waals surface area contributed by atoms with Gasteiger partial charge in [-0.3, -0.25) is 9.69 Å². The van der Waals surface area contributed by atoms with Gasteiger partial charge in [0.15, 0.2) is 0 Å². The molecule has 0 saturated heterocycles. The smallest absolute Gasteiger partial charge is 0.320 e. The minimum Gasteiger partial charge on any atom is -0.492 e. The summed E-state index contributed by atoms with van der Waals surface area (Å²) in [6.45, 7) is 3.53. The lowest BCUT2D eigenvalue weighted by Gasteiger charge is -2.15. The maximum Gasteiger partial charge on any atom is 0.320 e. The Morgan fingerprint density at radius 2 is 2.05 bits per heavy atom. The average Bonchev–Trinajstić information content (AvgIpc) is 2.39. The van der Waals surface area contributed by atoms with E-state index < -0.39 is 0 Å². The van der Waals surface area contributed by atoms with Gasteiger partial charge in [0.1, 0.15) is 12.4 Å². The molecule has 0 N–H and O–H groups in total. The Bertz CT molecular complexity index is 437. The SMILES string of the molecule is CCOC(=O)CN(C)CCOc1ccc(C#N)cc1. The molecule has 0 radical (unpaired) electrons. The largest absolute Gasteiger partial charge is 0.492 e. The number of esters is 1. The van der Waals surface area contributed by atoms with Crippen molar-refractivity contribution in [2.45, 2.75) is 6.92 Å². The maximum absolute atomic E-state index is 11.2. The Kier molecular flexibility index (Phi) is 6.41. The molecule has 102 valence electrons. The lowest BCUT2D eigenvalue weighted by atomic mass is 10.2. The molecular weight excluding hydrogens is 244 g/mol. The van der Waals surface area contributed by atoms with E-state index in [0.29, 0.717) is 31.1 Å². The monoisotopic (exact) mass is 262 g/mol. The highest BCUT2D eigenvalue weighted by molar-refractivity contribution is 5.71. The van der Waals surface area contributed by atoms with E-state index in [-0.39, 0.29) is 12.5 Å². The number of nitrogens with zero attached hydrogens (tertiary/aromatic N) is 2. The summed E-state index contributed by atoms with van der Waals surface area (Å²) in [7, 11) is 1.83. The quantitative estimate of drug-likeness (QED) is 0.696. The molecule has 0 spiro atoms. The van der Waals surface area contributed by atoms with Crippen LogP contribution in [-0.2, 0) is 9.53 Å². The number of carbonyl (C=O) groups is 1. The summed E-state index contributed by atoms with van der Waals surface area (Å²) in [5.41, 5.74) is 0.603. The van der Waals surface area contributed by atoms with E-state index in [1.165, 1.54) is 0 Å². The first-order valence-electron chi connectivity index (χ1n) is 6.13. The normalized spacial score (nSPS) is 10.0. The molecular formula is C14H18N2O3. The lowest BCUT2D eigenvalue weighted by molar-refractivity contribution is -0.144. The molecule has 0 aromatic heterocycles. The topological polar surface area (TPSA) is 62.6 Å². The van der Waals surface area contributed by atoms with Crippen molar-refractivity contribution >= 4 is 5.97 Å². The van der Waals surface area contributed by atoms with Crippen molar-refractivity contribution in [2.75, 3.05) is 33.4 Å². The molecule has 5 nitrogen and oxygen atoms in total. The van der Waals surface area contributed by atoms with Crippen LogP contribution in [-0.4, -0.2) is 44.2 Å². The van der Waals surface area contributed by atoms with Gasteiger partial charge in [-0.2, -0.15) is 5.26 Å². The number of likely N-dealkylation sites (N-methyl/N-ethyl adjacent to an activating group) is 1. The first kappa shape index (κ1) is 15.0. The van der Waals surface area contributed by atoms with Crippen LogP contribution in [0.15, 0.2) is 24.3 Å². The van der Waals surface area contributed by atoms with Crippen LogP contribution < -0.4 is 4.74 Å². The van der Waals surface area contributed by atoms with Gasteiger partial charge in [-0.1, -0.05) is 0 Å². The summed E-state index contributed by atoms with van der Waals surface area (Å²) in [5, 5.41) is 8.66. The van der Waals surface area contributed by atoms with Crippen molar-refractivity contribution in [2.24, 2.45) is 0 Å². The third-order valence-electron chi connectivity index (χ3n) is 2.43. The van der Waals surface area contributed by atoms with Gasteiger partial charge in [0.25, 0.3) is 0 Å². The molecule has 0 amide bonds. The summed E-state index contributed by atoms with van der Waals surface area (Å²) in [6, 6.07) is 8.97. The van der Waals surface area contributed by atoms with Crippen molar-refractivity contribution in [3.63, 3.8) is 0 Å². The van der Waals surface area contributed by atoms with Gasteiger partial charge in [-0.05, 0) is 38.2 Å². The third-order valence-corrected chi connectivity index (χ3v) is 2.43. The molecule has 0 saturated carbocycles. The van der Waals surface area contributed by atoms with E-state index in [2.05, 4.69) is 0 Å². The second-order valence-electron chi connectivity index (χ2n) is 4.03. The minimum atomic E-state index is -0.233. The Morgan fingerprint density at radius 3 is 2.63 bits per heavy atom. The number of carbonyl (C=O) groups excluding carboxylic acids is 1. The molecule has 0 heterocycles. The maximum atomic E-state index is 11.2. The van der Waals surface area contributed by atoms with Crippen LogP contribution in [0.25, 0.3) is 0 Å². The fourth-order valence-corrected chi connectivity index (χ4v) is 1.45. The first-order valence-corrected chi connectivity index (χ1v) is 6.13. The Hall–Kier alpha value is -2.06. The molecule has 0 bridgehead atoms. The second-order valence-corrected chi connectivity index (χ2v) is 4.03. The molecule has 0 atom stereocenters. The zero-order valence-corrected chi connectivity index (χ0v) is 11.3. The summed E-state index contributed by atoms with van der Waals surface area (Å²) in [4.78, 5) is 13.1. The Balaban J connectivity index is 2.25. The molecule has 1 rings (SSSR count). The molecule has 0 unspecified atom stereocenters. The van der Waals surface area contributed by atoms with Gasteiger partial charge >= 0.3 is 5.97 Å². The van der Waals surface area contributed by atoms with Crippen LogP contribution in [0.5, 0.6) is 5.75 Å². The van der Waals surface area contributed by atoms with Crippen LogP contribution in [0.2, 0.25) is 0 Å². The van der Waals surface area contributed by atoms with Gasteiger partial charge in [0.05, 0.1) is 24.8 Å². The van der Waals surface area contributed by atoms with Gasteiger partial charge in [0, 0.05) is 6.54 Å². The molecule has 0 aliphatic heterocycles. The van der Waals surface area contributed by atoms with E-state index in [4.69, 9.17) is 14.7 Å². The molecule has 0 aliphatic rings. The number of nitriles is 1. The van der Waals surface area contributed by atoms with Crippen molar-refractivity contribution in [1.29, 1.82) is 5.26 Å². The summed E-state index contributed by atoms with van der Waals surface area (Å²) in [6.07, 6.45) is 0. The first-order chi connectivity index (χ1) is 9.15. The zero-order chi connectivity index (χ0) is 14.1. The number of hydrogen-bond donors (Lipinski definition) is 0. The van der Waals surface area contributed by atoms with Gasteiger partial charge < -0.3 is 9.47 Å². The Labute approximate surface area is 113 Å². The standard InChI is InChI=1S/C14H18N2O3/c1-3-18-14(17)11-16(2)8-9-19-13-6-4-12(10-15)5-7-13/h4-7H,3,8-9,11H2,1-2H3. The highest BCUT2D eigenvalue weighted by Crippen LogP contribution is 2.11. The van der Waals surface area contributed by atoms with E-state index in [0.717, 1.165) is 0 Å². The van der Waals surface area contributed by atoms with Crippen LogP contribution in [0, 0.1) is 11.3 Å². The van der Waals surface area contributed by atoms with E-state index in [9.17, 15) is 4.79 Å². The number of ether oxygens (including phenoxy) is 2. The lowest BCUT2D eigenvalue weighted by Crippen LogP contribution is -2.30. The predicted molar refractivity (Wildman–Crippen MR) is 70.8 cm³/mol. The molecule has 0 fully saturated rings. The summed E-state index contributed by atoms with van der Waals surface area (Å²) >= 11 is 0. The van der Waals surface area contributed by atoms with Gasteiger partial charge in [-0.15, -0.1) is 0 Å². The van der Waals surface area contributed by atoms with Crippen molar-refractivity contribution < 1.29 is 14.3 Å². The van der Waals surface area contributed by atoms with E-state index >= 15 is 0 Å². The number of rotatable bonds is 7. The molecule has 1 aromatic rings. The van der Waals surface area contributed by atoms with E-state index in [1.807, 2.05) is 18.0 Å². The van der Waals surface area contributed by atoms with Gasteiger partial charge in [0.2, 0.25) is 0 Å². The van der Waals surface area contributed by atoms with Gasteiger partial charge in [-0.25, -0.2) is 0 Å². The van der Waals surface area contributed by atoms with Crippen LogP contribution >= 0.6 is 0 Å². The number of benzene rings is 1. The average molecular weight is 262 g/mol. The second kappa shape index (κ2) is 8.11. The summed E-state index contributed by atoms with van der Waals surface area (Å²) in [5.74, 6) is 0.479.